The van der Waals surface area contributed by atoms with E-state index in [1.165, 1.54) is 36.5 Å². The minimum absolute atomic E-state index is 1.11. The van der Waals surface area contributed by atoms with E-state index in [1.807, 2.05) is 0 Å². The molecule has 0 spiro atoms. The molecule has 0 aromatic carbocycles. The SMILES string of the molecule is CCCCC[C@@H]1C[C@@H]1CI. The predicted molar refractivity (Wildman–Crippen MR) is 54.6 cm³/mol. The number of hydrogen-bond donors (Lipinski definition) is 0. The number of unbranched alkanes of at least 4 members (excludes halogenated alkanes) is 2. The number of rotatable bonds is 5. The lowest BCUT2D eigenvalue weighted by Gasteiger charge is -1.95. The highest BCUT2D eigenvalue weighted by atomic mass is 127. The first-order valence-electron chi connectivity index (χ1n) is 4.44. The number of halogens is 1. The molecule has 0 amide bonds. The lowest BCUT2D eigenvalue weighted by atomic mass is 10.1. The Labute approximate surface area is 77.9 Å². The Morgan fingerprint density at radius 3 is 2.60 bits per heavy atom. The Hall–Kier alpha value is 0.730. The standard InChI is InChI=1S/C9H17I/c1-2-3-4-5-8-6-9(8)7-10/h8-9H,2-7H2,1H3/t8-,9-/m1/s1. The molecule has 0 aliphatic heterocycles. The molecular weight excluding hydrogens is 235 g/mol. The molecule has 10 heavy (non-hydrogen) atoms. The van der Waals surface area contributed by atoms with Gasteiger partial charge in [-0.1, -0.05) is 55.2 Å². The molecule has 0 heterocycles. The van der Waals surface area contributed by atoms with Crippen molar-refractivity contribution in [3.8, 4) is 0 Å². The molecule has 0 N–H and O–H groups in total. The van der Waals surface area contributed by atoms with E-state index in [-0.39, 0.29) is 0 Å². The first-order valence-corrected chi connectivity index (χ1v) is 5.97. The summed E-state index contributed by atoms with van der Waals surface area (Å²) in [5.74, 6) is 2.24. The second-order valence-corrected chi connectivity index (χ2v) is 4.29. The maximum Gasteiger partial charge on any atom is 0.00264 e. The molecule has 0 aromatic heterocycles. The third-order valence-electron chi connectivity index (χ3n) is 2.45. The summed E-state index contributed by atoms with van der Waals surface area (Å²) in [7, 11) is 0. The average Bonchev–Trinajstić information content (AvgIpc) is 2.68. The molecule has 1 heteroatoms. The van der Waals surface area contributed by atoms with Crippen molar-refractivity contribution in [3.63, 3.8) is 0 Å². The zero-order chi connectivity index (χ0) is 7.40. The number of hydrogen-bond acceptors (Lipinski definition) is 0. The second-order valence-electron chi connectivity index (χ2n) is 3.41. The van der Waals surface area contributed by atoms with Crippen LogP contribution >= 0.6 is 22.6 Å². The van der Waals surface area contributed by atoms with Crippen LogP contribution in [0.3, 0.4) is 0 Å². The monoisotopic (exact) mass is 252 g/mol. The Balaban J connectivity index is 1.87. The average molecular weight is 252 g/mol. The molecule has 0 saturated heterocycles. The Morgan fingerprint density at radius 1 is 1.30 bits per heavy atom. The van der Waals surface area contributed by atoms with Crippen molar-refractivity contribution in [3.05, 3.63) is 0 Å². The number of alkyl halides is 1. The van der Waals surface area contributed by atoms with Gasteiger partial charge in [-0.2, -0.15) is 0 Å². The van der Waals surface area contributed by atoms with Crippen molar-refractivity contribution in [2.24, 2.45) is 11.8 Å². The molecule has 0 unspecified atom stereocenters. The minimum Gasteiger partial charge on any atom is -0.0861 e. The third-order valence-corrected chi connectivity index (χ3v) is 3.58. The molecule has 0 aromatic rings. The van der Waals surface area contributed by atoms with Crippen LogP contribution in [0.4, 0.5) is 0 Å². The van der Waals surface area contributed by atoms with Gasteiger partial charge in [0.2, 0.25) is 0 Å². The maximum atomic E-state index is 2.52. The van der Waals surface area contributed by atoms with Gasteiger partial charge in [-0.25, -0.2) is 0 Å². The van der Waals surface area contributed by atoms with E-state index in [0.717, 1.165) is 11.8 Å². The van der Waals surface area contributed by atoms with E-state index in [9.17, 15) is 0 Å². The fourth-order valence-electron chi connectivity index (χ4n) is 1.51. The van der Waals surface area contributed by atoms with Crippen molar-refractivity contribution in [2.45, 2.75) is 39.0 Å². The summed E-state index contributed by atoms with van der Waals surface area (Å²) in [6, 6.07) is 0. The molecule has 1 aliphatic carbocycles. The van der Waals surface area contributed by atoms with Crippen LogP contribution in [0.25, 0.3) is 0 Å². The second kappa shape index (κ2) is 4.58. The summed E-state index contributed by atoms with van der Waals surface area (Å²) in [4.78, 5) is 0. The van der Waals surface area contributed by atoms with Gasteiger partial charge in [0, 0.05) is 4.43 Å². The van der Waals surface area contributed by atoms with Crippen LogP contribution < -0.4 is 0 Å². The molecule has 0 nitrogen and oxygen atoms in total. The molecule has 1 saturated carbocycles. The minimum atomic E-state index is 1.11. The molecule has 60 valence electrons. The smallest absolute Gasteiger partial charge is 0.00264 e. The summed E-state index contributed by atoms with van der Waals surface area (Å²) in [6.45, 7) is 2.28. The Morgan fingerprint density at radius 2 is 2.10 bits per heavy atom. The third kappa shape index (κ3) is 2.77. The van der Waals surface area contributed by atoms with E-state index in [1.54, 1.807) is 0 Å². The Kier molecular flexibility index (Phi) is 4.04. The quantitative estimate of drug-likeness (QED) is 0.398. The fraction of sp³-hybridized carbons (Fsp3) is 1.00. The van der Waals surface area contributed by atoms with Crippen LogP contribution in [0.2, 0.25) is 0 Å². The van der Waals surface area contributed by atoms with Gasteiger partial charge < -0.3 is 0 Å². The highest BCUT2D eigenvalue weighted by Gasteiger charge is 2.34. The van der Waals surface area contributed by atoms with Crippen molar-refractivity contribution in [2.75, 3.05) is 4.43 Å². The van der Waals surface area contributed by atoms with Crippen molar-refractivity contribution in [1.29, 1.82) is 0 Å². The van der Waals surface area contributed by atoms with Crippen LogP contribution in [0.1, 0.15) is 39.0 Å². The van der Waals surface area contributed by atoms with Crippen LogP contribution in [0.15, 0.2) is 0 Å². The van der Waals surface area contributed by atoms with Crippen LogP contribution in [0, 0.1) is 11.8 Å². The van der Waals surface area contributed by atoms with Crippen molar-refractivity contribution < 1.29 is 0 Å². The van der Waals surface area contributed by atoms with Crippen LogP contribution in [0.5, 0.6) is 0 Å². The van der Waals surface area contributed by atoms with Gasteiger partial charge in [0.1, 0.15) is 0 Å². The normalized spacial score (nSPS) is 30.6. The summed E-state index contributed by atoms with van der Waals surface area (Å²) >= 11 is 2.52. The molecule has 0 radical (unpaired) electrons. The van der Waals surface area contributed by atoms with Crippen molar-refractivity contribution in [1.82, 2.24) is 0 Å². The zero-order valence-corrected chi connectivity index (χ0v) is 8.93. The molecule has 1 fully saturated rings. The van der Waals surface area contributed by atoms with Gasteiger partial charge in [-0.15, -0.1) is 0 Å². The van der Waals surface area contributed by atoms with Gasteiger partial charge in [-0.3, -0.25) is 0 Å². The predicted octanol–water partition coefficient (Wildman–Crippen LogP) is 3.64. The lowest BCUT2D eigenvalue weighted by Crippen LogP contribution is -1.83. The van der Waals surface area contributed by atoms with Crippen LogP contribution in [-0.4, -0.2) is 4.43 Å². The summed E-state index contributed by atoms with van der Waals surface area (Å²) < 4.78 is 1.40. The summed E-state index contributed by atoms with van der Waals surface area (Å²) in [5, 5.41) is 0. The van der Waals surface area contributed by atoms with Crippen molar-refractivity contribution >= 4 is 22.6 Å². The Bertz CT molecular complexity index is 90.7. The van der Waals surface area contributed by atoms with E-state index in [4.69, 9.17) is 0 Å². The summed E-state index contributed by atoms with van der Waals surface area (Å²) in [6.07, 6.45) is 7.36. The lowest BCUT2D eigenvalue weighted by molar-refractivity contribution is 0.598. The van der Waals surface area contributed by atoms with Gasteiger partial charge >= 0.3 is 0 Å². The molecular formula is C9H17I. The topological polar surface area (TPSA) is 0 Å². The van der Waals surface area contributed by atoms with E-state index in [2.05, 4.69) is 29.5 Å². The van der Waals surface area contributed by atoms with Gasteiger partial charge in [0.05, 0.1) is 0 Å². The molecule has 2 atom stereocenters. The fourth-order valence-corrected chi connectivity index (χ4v) is 2.59. The first kappa shape index (κ1) is 8.82. The van der Waals surface area contributed by atoms with Gasteiger partial charge in [-0.05, 0) is 18.3 Å². The van der Waals surface area contributed by atoms with E-state index < -0.39 is 0 Å². The highest BCUT2D eigenvalue weighted by Crippen LogP contribution is 2.43. The molecule has 1 aliphatic rings. The maximum absolute atomic E-state index is 2.52. The van der Waals surface area contributed by atoms with Crippen LogP contribution in [-0.2, 0) is 0 Å². The van der Waals surface area contributed by atoms with E-state index in [0.29, 0.717) is 0 Å². The van der Waals surface area contributed by atoms with Gasteiger partial charge in [0.15, 0.2) is 0 Å². The highest BCUT2D eigenvalue weighted by molar-refractivity contribution is 14.1. The largest absolute Gasteiger partial charge is 0.0861 e. The zero-order valence-electron chi connectivity index (χ0n) is 6.78. The van der Waals surface area contributed by atoms with E-state index >= 15 is 0 Å². The summed E-state index contributed by atoms with van der Waals surface area (Å²) in [5.41, 5.74) is 0. The molecule has 0 bridgehead atoms. The van der Waals surface area contributed by atoms with Gasteiger partial charge in [0.25, 0.3) is 0 Å². The first-order chi connectivity index (χ1) is 4.88. The molecule has 1 rings (SSSR count).